The van der Waals surface area contributed by atoms with E-state index in [4.69, 9.17) is 10.5 Å². The van der Waals surface area contributed by atoms with Gasteiger partial charge in [0.05, 0.1) is 0 Å². The zero-order valence-corrected chi connectivity index (χ0v) is 9.30. The molecule has 0 saturated carbocycles. The van der Waals surface area contributed by atoms with Crippen LogP contribution in [0.25, 0.3) is 0 Å². The van der Waals surface area contributed by atoms with Crippen LogP contribution in [0, 0.1) is 6.23 Å². The third-order valence-corrected chi connectivity index (χ3v) is 3.98. The fourth-order valence-corrected chi connectivity index (χ4v) is 1.50. The van der Waals surface area contributed by atoms with Crippen molar-refractivity contribution in [2.24, 2.45) is 5.73 Å². The van der Waals surface area contributed by atoms with E-state index in [1.807, 2.05) is 0 Å². The Balaban J connectivity index is 4.64. The molecule has 0 aliphatic heterocycles. The van der Waals surface area contributed by atoms with E-state index in [-0.39, 0.29) is 6.23 Å². The maximum absolute atomic E-state index is 11.5. The third kappa shape index (κ3) is 2.76. The molecule has 79 valence electrons. The Morgan fingerprint density at radius 2 is 2.08 bits per heavy atom. The summed E-state index contributed by atoms with van der Waals surface area (Å²) < 4.78 is 21.0. The van der Waals surface area contributed by atoms with Crippen LogP contribution in [-0.4, -0.2) is 23.8 Å². The quantitative estimate of drug-likeness (QED) is 0.663. The molecular weight excluding hydrogens is 193 g/mol. The van der Waals surface area contributed by atoms with Crippen LogP contribution in [0.15, 0.2) is 0 Å². The van der Waals surface area contributed by atoms with Gasteiger partial charge in [-0.2, -0.15) is 0 Å². The molecule has 3 N–H and O–H groups in total. The lowest BCUT2D eigenvalue weighted by Gasteiger charge is -2.32. The molecule has 0 bridgehead atoms. The van der Waals surface area contributed by atoms with E-state index in [9.17, 15) is 9.46 Å². The number of rotatable bonds is 5. The Hall–Kier alpha value is 0.0700. The Kier molecular flexibility index (Phi) is 4.55. The van der Waals surface area contributed by atoms with Crippen molar-refractivity contribution in [1.82, 2.24) is 0 Å². The standard InChI is InChI=1S/C7H17NO4P/c1-5-12-6(8)7(2,3)13(9,10)11-4/h5,8H2,1-4H3,(H,9,10). The number of nitrogens with two attached hydrogens (primary N) is 1. The van der Waals surface area contributed by atoms with Crippen LogP contribution in [0.3, 0.4) is 0 Å². The van der Waals surface area contributed by atoms with Gasteiger partial charge in [0.15, 0.2) is 6.23 Å². The molecule has 1 radical (unpaired) electrons. The fraction of sp³-hybridized carbons (Fsp3) is 0.857. The monoisotopic (exact) mass is 210 g/mol. The zero-order valence-electron chi connectivity index (χ0n) is 8.40. The molecule has 0 heterocycles. The van der Waals surface area contributed by atoms with E-state index < -0.39 is 12.8 Å². The van der Waals surface area contributed by atoms with Crippen LogP contribution in [0.5, 0.6) is 0 Å². The first kappa shape index (κ1) is 13.1. The highest BCUT2D eigenvalue weighted by Gasteiger charge is 2.46. The van der Waals surface area contributed by atoms with Crippen LogP contribution in [-0.2, 0) is 13.8 Å². The minimum absolute atomic E-state index is 0.0164. The Bertz CT molecular complexity index is 207. The Morgan fingerprint density at radius 3 is 2.38 bits per heavy atom. The van der Waals surface area contributed by atoms with Crippen molar-refractivity contribution in [2.75, 3.05) is 13.7 Å². The predicted octanol–water partition coefficient (Wildman–Crippen LogP) is 1.08. The summed E-state index contributed by atoms with van der Waals surface area (Å²) in [6.07, 6.45) is 0.0164. The van der Waals surface area contributed by atoms with Crippen LogP contribution in [0.4, 0.5) is 0 Å². The van der Waals surface area contributed by atoms with Crippen molar-refractivity contribution in [3.63, 3.8) is 0 Å². The number of hydrogen-bond acceptors (Lipinski definition) is 4. The van der Waals surface area contributed by atoms with Gasteiger partial charge in [-0.1, -0.05) is 0 Å². The first-order valence-corrected chi connectivity index (χ1v) is 5.51. The summed E-state index contributed by atoms with van der Waals surface area (Å²) in [6, 6.07) is 0. The lowest BCUT2D eigenvalue weighted by Crippen LogP contribution is -2.37. The van der Waals surface area contributed by atoms with Crippen molar-refractivity contribution in [3.05, 3.63) is 6.23 Å². The van der Waals surface area contributed by atoms with Crippen LogP contribution in [0.2, 0.25) is 0 Å². The fourth-order valence-electron chi connectivity index (χ4n) is 0.700. The lowest BCUT2D eigenvalue weighted by atomic mass is 10.2. The molecule has 0 aliphatic carbocycles. The molecule has 0 amide bonds. The predicted molar refractivity (Wildman–Crippen MR) is 50.0 cm³/mol. The summed E-state index contributed by atoms with van der Waals surface area (Å²) in [4.78, 5) is 9.40. The Labute approximate surface area is 78.8 Å². The van der Waals surface area contributed by atoms with Gasteiger partial charge in [-0.3, -0.25) is 10.3 Å². The van der Waals surface area contributed by atoms with Gasteiger partial charge in [-0.25, -0.2) is 0 Å². The number of ether oxygens (including phenoxy) is 1. The van der Waals surface area contributed by atoms with Crippen molar-refractivity contribution in [1.29, 1.82) is 0 Å². The van der Waals surface area contributed by atoms with Gasteiger partial charge in [0, 0.05) is 13.7 Å². The minimum Gasteiger partial charge on any atom is -0.355 e. The smallest absolute Gasteiger partial charge is 0.337 e. The topological polar surface area (TPSA) is 81.8 Å². The first-order valence-electron chi connectivity index (χ1n) is 3.94. The summed E-state index contributed by atoms with van der Waals surface area (Å²) in [5.74, 6) is 0. The second kappa shape index (κ2) is 4.53. The summed E-state index contributed by atoms with van der Waals surface area (Å²) in [6.45, 7) is 5.11. The molecule has 0 fully saturated rings. The van der Waals surface area contributed by atoms with Crippen LogP contribution < -0.4 is 5.73 Å². The first-order chi connectivity index (χ1) is 5.79. The molecule has 1 unspecified atom stereocenters. The van der Waals surface area contributed by atoms with Crippen molar-refractivity contribution in [3.8, 4) is 0 Å². The van der Waals surface area contributed by atoms with Crippen molar-refractivity contribution >= 4 is 7.60 Å². The van der Waals surface area contributed by atoms with Gasteiger partial charge in [0.25, 0.3) is 0 Å². The molecular formula is C7H17NO4P. The lowest BCUT2D eigenvalue weighted by molar-refractivity contribution is 0.121. The molecule has 0 aromatic carbocycles. The van der Waals surface area contributed by atoms with Gasteiger partial charge in [-0.15, -0.1) is 0 Å². The van der Waals surface area contributed by atoms with E-state index in [1.54, 1.807) is 6.92 Å². The van der Waals surface area contributed by atoms with Gasteiger partial charge in [0.2, 0.25) is 0 Å². The van der Waals surface area contributed by atoms with Crippen molar-refractivity contribution < 1.29 is 18.7 Å². The van der Waals surface area contributed by atoms with Crippen LogP contribution in [0.1, 0.15) is 20.8 Å². The second-order valence-electron chi connectivity index (χ2n) is 3.06. The second-order valence-corrected chi connectivity index (χ2v) is 5.58. The van der Waals surface area contributed by atoms with E-state index >= 15 is 0 Å². The highest BCUT2D eigenvalue weighted by atomic mass is 31.2. The maximum atomic E-state index is 11.5. The molecule has 6 heteroatoms. The molecule has 0 rings (SSSR count). The largest absolute Gasteiger partial charge is 0.355 e. The maximum Gasteiger partial charge on any atom is 0.337 e. The molecule has 0 aliphatic rings. The SMILES string of the molecule is CCO[C](N)C(C)(C)P(=O)(O)OC. The average molecular weight is 210 g/mol. The molecule has 0 aromatic rings. The summed E-state index contributed by atoms with van der Waals surface area (Å²) in [7, 11) is -2.58. The highest BCUT2D eigenvalue weighted by Crippen LogP contribution is 2.57. The van der Waals surface area contributed by atoms with E-state index in [0.29, 0.717) is 6.61 Å². The third-order valence-electron chi connectivity index (χ3n) is 1.86. The van der Waals surface area contributed by atoms with Gasteiger partial charge < -0.3 is 14.2 Å². The highest BCUT2D eigenvalue weighted by molar-refractivity contribution is 7.54. The minimum atomic E-state index is -3.75. The summed E-state index contributed by atoms with van der Waals surface area (Å²) >= 11 is 0. The van der Waals surface area contributed by atoms with Gasteiger partial charge >= 0.3 is 7.60 Å². The molecule has 0 spiro atoms. The summed E-state index contributed by atoms with van der Waals surface area (Å²) in [5, 5.41) is -1.18. The normalized spacial score (nSPS) is 17.5. The van der Waals surface area contributed by atoms with Gasteiger partial charge in [0.1, 0.15) is 5.16 Å². The van der Waals surface area contributed by atoms with Crippen LogP contribution >= 0.6 is 7.60 Å². The summed E-state index contributed by atoms with van der Waals surface area (Å²) in [5.41, 5.74) is 5.51. The van der Waals surface area contributed by atoms with E-state index in [0.717, 1.165) is 0 Å². The Morgan fingerprint density at radius 1 is 1.62 bits per heavy atom. The molecule has 0 saturated heterocycles. The molecule has 5 nitrogen and oxygen atoms in total. The number of hydrogen-bond donors (Lipinski definition) is 2. The van der Waals surface area contributed by atoms with E-state index in [2.05, 4.69) is 4.52 Å². The van der Waals surface area contributed by atoms with Gasteiger partial charge in [-0.05, 0) is 20.8 Å². The zero-order chi connectivity index (χ0) is 10.7. The van der Waals surface area contributed by atoms with Crippen molar-refractivity contribution in [2.45, 2.75) is 25.9 Å². The molecule has 1 atom stereocenters. The molecule has 0 aromatic heterocycles. The average Bonchev–Trinajstić information content (AvgIpc) is 2.04. The van der Waals surface area contributed by atoms with E-state index in [1.165, 1.54) is 21.0 Å². The molecule has 13 heavy (non-hydrogen) atoms.